The summed E-state index contributed by atoms with van der Waals surface area (Å²) >= 11 is 5.83. The molecule has 1 atom stereocenters. The Bertz CT molecular complexity index is 403. The van der Waals surface area contributed by atoms with E-state index < -0.39 is 12.2 Å². The molecule has 1 aliphatic heterocycles. The van der Waals surface area contributed by atoms with Gasteiger partial charge in [-0.2, -0.15) is 0 Å². The monoisotopic (exact) mass is 209 g/mol. The van der Waals surface area contributed by atoms with E-state index in [9.17, 15) is 4.79 Å². The number of anilines is 1. The van der Waals surface area contributed by atoms with Crippen LogP contribution in [0.25, 0.3) is 0 Å². The van der Waals surface area contributed by atoms with Crippen molar-refractivity contribution in [1.82, 2.24) is 0 Å². The van der Waals surface area contributed by atoms with Crippen LogP contribution in [0.5, 0.6) is 0 Å². The number of carbonyl (C=O) groups excluding carboxylic acids is 1. The first-order chi connectivity index (χ1) is 6.70. The fourth-order valence-electron chi connectivity index (χ4n) is 1.38. The zero-order valence-corrected chi connectivity index (χ0v) is 8.04. The highest BCUT2D eigenvalue weighted by Crippen LogP contribution is 2.33. The minimum atomic E-state index is -0.468. The third kappa shape index (κ3) is 1.46. The number of cyclic esters (lactones) is 1. The molecule has 4 heteroatoms. The number of rotatable bonds is 1. The molecule has 1 aromatic rings. The number of ether oxygens (including phenoxy) is 1. The van der Waals surface area contributed by atoms with Gasteiger partial charge in [0.05, 0.1) is 5.69 Å². The van der Waals surface area contributed by atoms with Crippen LogP contribution in [0.15, 0.2) is 30.9 Å². The van der Waals surface area contributed by atoms with Crippen LogP contribution in [-0.4, -0.2) is 6.09 Å². The zero-order chi connectivity index (χ0) is 10.1. The van der Waals surface area contributed by atoms with Gasteiger partial charge in [-0.3, -0.25) is 5.32 Å². The van der Waals surface area contributed by atoms with E-state index in [0.29, 0.717) is 5.02 Å². The van der Waals surface area contributed by atoms with E-state index in [0.717, 1.165) is 11.3 Å². The molecule has 2 rings (SSSR count). The Kier molecular flexibility index (Phi) is 2.17. The highest BCUT2D eigenvalue weighted by atomic mass is 35.5. The minimum absolute atomic E-state index is 0.419. The number of hydrogen-bond donors (Lipinski definition) is 1. The molecule has 0 bridgehead atoms. The van der Waals surface area contributed by atoms with Crippen molar-refractivity contribution >= 4 is 23.4 Å². The minimum Gasteiger partial charge on any atom is -0.437 e. The lowest BCUT2D eigenvalue weighted by Gasteiger charge is -2.23. The van der Waals surface area contributed by atoms with E-state index in [1.807, 2.05) is 0 Å². The molecule has 3 nitrogen and oxygen atoms in total. The molecule has 0 spiro atoms. The van der Waals surface area contributed by atoms with Gasteiger partial charge in [0, 0.05) is 10.6 Å². The largest absolute Gasteiger partial charge is 0.437 e. The molecule has 0 aromatic heterocycles. The van der Waals surface area contributed by atoms with E-state index in [1.54, 1.807) is 24.3 Å². The van der Waals surface area contributed by atoms with Gasteiger partial charge in [0.1, 0.15) is 6.10 Å². The number of halogens is 1. The van der Waals surface area contributed by atoms with Gasteiger partial charge in [-0.25, -0.2) is 4.79 Å². The Morgan fingerprint density at radius 2 is 2.36 bits per heavy atom. The summed E-state index contributed by atoms with van der Waals surface area (Å²) in [5.41, 5.74) is 1.54. The SMILES string of the molecule is C=CC1OC(=O)Nc2ccc(Cl)cc21. The summed E-state index contributed by atoms with van der Waals surface area (Å²) in [6, 6.07) is 5.21. The van der Waals surface area contributed by atoms with E-state index in [-0.39, 0.29) is 0 Å². The molecule has 1 N–H and O–H groups in total. The summed E-state index contributed by atoms with van der Waals surface area (Å²) < 4.78 is 4.99. The van der Waals surface area contributed by atoms with Gasteiger partial charge in [-0.15, -0.1) is 0 Å². The van der Waals surface area contributed by atoms with Crippen LogP contribution in [-0.2, 0) is 4.74 Å². The van der Waals surface area contributed by atoms with Crippen molar-refractivity contribution in [2.75, 3.05) is 5.32 Å². The lowest BCUT2D eigenvalue weighted by atomic mass is 10.1. The number of carbonyl (C=O) groups is 1. The number of nitrogens with one attached hydrogen (secondary N) is 1. The molecule has 0 radical (unpaired) electrons. The highest BCUT2D eigenvalue weighted by molar-refractivity contribution is 6.30. The summed E-state index contributed by atoms with van der Waals surface area (Å²) in [6.45, 7) is 3.60. The molecule has 1 heterocycles. The van der Waals surface area contributed by atoms with Gasteiger partial charge in [0.25, 0.3) is 0 Å². The van der Waals surface area contributed by atoms with Gasteiger partial charge in [-0.1, -0.05) is 18.2 Å². The summed E-state index contributed by atoms with van der Waals surface area (Å²) in [7, 11) is 0. The smallest absolute Gasteiger partial charge is 0.412 e. The normalized spacial score (nSPS) is 19.2. The first kappa shape index (κ1) is 9.09. The van der Waals surface area contributed by atoms with Crippen LogP contribution in [0, 0.1) is 0 Å². The molecule has 14 heavy (non-hydrogen) atoms. The first-order valence-corrected chi connectivity index (χ1v) is 4.48. The second-order valence-electron chi connectivity index (χ2n) is 2.92. The Labute approximate surface area is 86.3 Å². The van der Waals surface area contributed by atoms with Crippen LogP contribution in [0.3, 0.4) is 0 Å². The molecule has 0 fully saturated rings. The molecule has 0 saturated heterocycles. The number of hydrogen-bond acceptors (Lipinski definition) is 2. The van der Waals surface area contributed by atoms with E-state index in [4.69, 9.17) is 16.3 Å². The standard InChI is InChI=1S/C10H8ClNO2/c1-2-9-7-5-6(11)3-4-8(7)12-10(13)14-9/h2-5,9H,1H2,(H,12,13). The highest BCUT2D eigenvalue weighted by Gasteiger charge is 2.23. The Morgan fingerprint density at radius 3 is 3.07 bits per heavy atom. The van der Waals surface area contributed by atoms with E-state index in [1.165, 1.54) is 0 Å². The van der Waals surface area contributed by atoms with Crippen LogP contribution in [0.4, 0.5) is 10.5 Å². The Balaban J connectivity index is 2.51. The van der Waals surface area contributed by atoms with Crippen molar-refractivity contribution in [2.45, 2.75) is 6.10 Å². The number of benzene rings is 1. The lowest BCUT2D eigenvalue weighted by molar-refractivity contribution is 0.130. The van der Waals surface area contributed by atoms with Gasteiger partial charge in [0.15, 0.2) is 0 Å². The molecule has 1 unspecified atom stereocenters. The van der Waals surface area contributed by atoms with Crippen LogP contribution < -0.4 is 5.32 Å². The maximum Gasteiger partial charge on any atom is 0.412 e. The third-order valence-corrected chi connectivity index (χ3v) is 2.24. The average molecular weight is 210 g/mol. The van der Waals surface area contributed by atoms with E-state index >= 15 is 0 Å². The van der Waals surface area contributed by atoms with Crippen molar-refractivity contribution in [3.8, 4) is 0 Å². The third-order valence-electron chi connectivity index (χ3n) is 2.00. The summed E-state index contributed by atoms with van der Waals surface area (Å²) in [5, 5.41) is 3.19. The van der Waals surface area contributed by atoms with Crippen molar-refractivity contribution in [3.05, 3.63) is 41.4 Å². The average Bonchev–Trinajstić information content (AvgIpc) is 2.17. The van der Waals surface area contributed by atoms with Crippen molar-refractivity contribution < 1.29 is 9.53 Å². The Morgan fingerprint density at radius 1 is 1.57 bits per heavy atom. The predicted molar refractivity (Wildman–Crippen MR) is 54.5 cm³/mol. The fraction of sp³-hybridized carbons (Fsp3) is 0.100. The lowest BCUT2D eigenvalue weighted by Crippen LogP contribution is -2.23. The van der Waals surface area contributed by atoms with Gasteiger partial charge >= 0.3 is 6.09 Å². The fourth-order valence-corrected chi connectivity index (χ4v) is 1.56. The van der Waals surface area contributed by atoms with Crippen LogP contribution in [0.2, 0.25) is 5.02 Å². The predicted octanol–water partition coefficient (Wildman–Crippen LogP) is 3.13. The maximum absolute atomic E-state index is 11.1. The maximum atomic E-state index is 11.1. The second kappa shape index (κ2) is 3.35. The van der Waals surface area contributed by atoms with Gasteiger partial charge < -0.3 is 4.74 Å². The van der Waals surface area contributed by atoms with Crippen molar-refractivity contribution in [2.24, 2.45) is 0 Å². The molecule has 0 saturated carbocycles. The first-order valence-electron chi connectivity index (χ1n) is 4.10. The second-order valence-corrected chi connectivity index (χ2v) is 3.35. The molecular weight excluding hydrogens is 202 g/mol. The van der Waals surface area contributed by atoms with Crippen molar-refractivity contribution in [1.29, 1.82) is 0 Å². The molecule has 72 valence electrons. The quantitative estimate of drug-likeness (QED) is 0.722. The zero-order valence-electron chi connectivity index (χ0n) is 7.29. The number of fused-ring (bicyclic) bond motifs is 1. The molecule has 1 aromatic carbocycles. The molecule has 1 aliphatic rings. The summed E-state index contributed by atoms with van der Waals surface area (Å²) in [6.07, 6.45) is 0.677. The summed E-state index contributed by atoms with van der Waals surface area (Å²) in [5.74, 6) is 0. The molecule has 1 amide bonds. The van der Waals surface area contributed by atoms with E-state index in [2.05, 4.69) is 11.9 Å². The molecular formula is C10H8ClNO2. The summed E-state index contributed by atoms with van der Waals surface area (Å²) in [4.78, 5) is 11.1. The topological polar surface area (TPSA) is 38.3 Å². The van der Waals surface area contributed by atoms with Gasteiger partial charge in [-0.05, 0) is 24.3 Å². The van der Waals surface area contributed by atoms with Crippen LogP contribution >= 0.6 is 11.6 Å². The Hall–Kier alpha value is -1.48. The number of amides is 1. The van der Waals surface area contributed by atoms with Crippen molar-refractivity contribution in [3.63, 3.8) is 0 Å². The van der Waals surface area contributed by atoms with Gasteiger partial charge in [0.2, 0.25) is 0 Å². The van der Waals surface area contributed by atoms with Crippen LogP contribution in [0.1, 0.15) is 11.7 Å². The molecule has 0 aliphatic carbocycles.